The van der Waals surface area contributed by atoms with Crippen molar-refractivity contribution in [3.8, 4) is 0 Å². The summed E-state index contributed by atoms with van der Waals surface area (Å²) in [5.41, 5.74) is -5.32. The Morgan fingerprint density at radius 3 is 2.20 bits per heavy atom. The van der Waals surface area contributed by atoms with Crippen molar-refractivity contribution in [2.75, 3.05) is 0 Å². The monoisotopic (exact) mass is 358 g/mol. The largest absolute Gasteiger partial charge is 0.523 e. The van der Waals surface area contributed by atoms with Gasteiger partial charge >= 0.3 is 15.6 Å². The van der Waals surface area contributed by atoms with Crippen molar-refractivity contribution in [2.24, 2.45) is 0 Å². The summed E-state index contributed by atoms with van der Waals surface area (Å²) in [6, 6.07) is 0. The van der Waals surface area contributed by atoms with Crippen molar-refractivity contribution in [1.82, 2.24) is 0 Å². The molecule has 15 heavy (non-hydrogen) atoms. The first-order valence-electron chi connectivity index (χ1n) is 4.37. The van der Waals surface area contributed by atoms with Gasteiger partial charge in [-0.2, -0.15) is 21.6 Å². The second-order valence-electron chi connectivity index (χ2n) is 3.33. The molecule has 0 amide bonds. The Balaban J connectivity index is 2.69. The number of hydrogen-bond acceptors (Lipinski definition) is 3. The molecule has 8 heteroatoms. The van der Waals surface area contributed by atoms with Crippen molar-refractivity contribution in [3.63, 3.8) is 0 Å². The molecular weight excluding hydrogens is 348 g/mol. The molecule has 0 N–H and O–H groups in total. The normalized spacial score (nSPS) is 29.1. The molecule has 1 aliphatic carbocycles. The quantitative estimate of drug-likeness (QED) is 0.330. The lowest BCUT2D eigenvalue weighted by Gasteiger charge is -2.26. The maximum Gasteiger partial charge on any atom is 0.523 e. The number of hydrogen-bond donors (Lipinski definition) is 0. The lowest BCUT2D eigenvalue weighted by molar-refractivity contribution is -0.0580. The molecule has 90 valence electrons. The van der Waals surface area contributed by atoms with E-state index >= 15 is 0 Å². The number of alkyl halides is 4. The average Bonchev–Trinajstić information content (AvgIpc) is 2.06. The van der Waals surface area contributed by atoms with E-state index < -0.39 is 21.7 Å². The van der Waals surface area contributed by atoms with Gasteiger partial charge in [-0.25, -0.2) is 0 Å². The third kappa shape index (κ3) is 3.45. The van der Waals surface area contributed by atoms with E-state index in [2.05, 4.69) is 4.18 Å². The van der Waals surface area contributed by atoms with Crippen LogP contribution in [0.3, 0.4) is 0 Å². The predicted octanol–water partition coefficient (Wildman–Crippen LogP) is 2.60. The predicted molar refractivity (Wildman–Crippen MR) is 56.1 cm³/mol. The van der Waals surface area contributed by atoms with Crippen LogP contribution in [-0.4, -0.2) is 24.0 Å². The fourth-order valence-electron chi connectivity index (χ4n) is 1.38. The maximum absolute atomic E-state index is 12.0. The summed E-state index contributed by atoms with van der Waals surface area (Å²) >= 11 is 1.93. The minimum atomic E-state index is -5.44. The Hall–Kier alpha value is 0.430. The molecule has 0 aliphatic heterocycles. The zero-order valence-corrected chi connectivity index (χ0v) is 10.6. The van der Waals surface area contributed by atoms with Gasteiger partial charge in [-0.1, -0.05) is 35.4 Å². The molecule has 0 heterocycles. The lowest BCUT2D eigenvalue weighted by Crippen LogP contribution is -2.35. The summed E-state index contributed by atoms with van der Waals surface area (Å²) < 4.78 is 61.5. The van der Waals surface area contributed by atoms with Crippen molar-refractivity contribution in [3.05, 3.63) is 0 Å². The second kappa shape index (κ2) is 4.74. The SMILES string of the molecule is O=S(=O)(O[C@@H]1CCCC[C@H]1I)C(F)(F)F. The molecule has 1 aliphatic rings. The highest BCUT2D eigenvalue weighted by Gasteiger charge is 2.49. The summed E-state index contributed by atoms with van der Waals surface area (Å²) in [7, 11) is -5.44. The van der Waals surface area contributed by atoms with Gasteiger partial charge in [0.05, 0.1) is 6.10 Å². The molecule has 1 fully saturated rings. The molecule has 2 atom stereocenters. The fraction of sp³-hybridized carbons (Fsp3) is 1.00. The van der Waals surface area contributed by atoms with Gasteiger partial charge < -0.3 is 0 Å². The molecule has 0 bridgehead atoms. The molecule has 0 spiro atoms. The highest BCUT2D eigenvalue weighted by Crippen LogP contribution is 2.32. The van der Waals surface area contributed by atoms with Crippen LogP contribution >= 0.6 is 22.6 Å². The summed E-state index contributed by atoms with van der Waals surface area (Å²) in [6.45, 7) is 0. The minimum absolute atomic E-state index is 0.173. The van der Waals surface area contributed by atoms with Crippen molar-refractivity contribution < 1.29 is 25.8 Å². The average molecular weight is 358 g/mol. The zero-order chi connectivity index (χ0) is 11.7. The standard InChI is InChI=1S/C7H10F3IO3S/c8-7(9,10)15(12,13)14-6-4-2-1-3-5(6)11/h5-6H,1-4H2/t5-,6-/m1/s1. The van der Waals surface area contributed by atoms with Crippen LogP contribution in [0.15, 0.2) is 0 Å². The molecule has 0 saturated heterocycles. The van der Waals surface area contributed by atoms with Gasteiger partial charge in [-0.05, 0) is 12.8 Å². The molecule has 0 unspecified atom stereocenters. The van der Waals surface area contributed by atoms with Crippen LogP contribution in [0.4, 0.5) is 13.2 Å². The van der Waals surface area contributed by atoms with Gasteiger partial charge in [-0.3, -0.25) is 4.18 Å². The second-order valence-corrected chi connectivity index (χ2v) is 6.50. The maximum atomic E-state index is 12.0. The van der Waals surface area contributed by atoms with E-state index in [0.717, 1.165) is 6.42 Å². The summed E-state index contributed by atoms with van der Waals surface area (Å²) in [5, 5.41) is 0. The third-order valence-electron chi connectivity index (χ3n) is 2.16. The Kier molecular flexibility index (Phi) is 4.27. The lowest BCUT2D eigenvalue weighted by atomic mass is 9.98. The van der Waals surface area contributed by atoms with Crippen molar-refractivity contribution in [1.29, 1.82) is 0 Å². The van der Waals surface area contributed by atoms with E-state index in [-0.39, 0.29) is 3.92 Å². The van der Waals surface area contributed by atoms with Crippen molar-refractivity contribution in [2.45, 2.75) is 41.2 Å². The van der Waals surface area contributed by atoms with Crippen LogP contribution in [0.2, 0.25) is 0 Å². The van der Waals surface area contributed by atoms with E-state index in [4.69, 9.17) is 0 Å². The molecule has 0 radical (unpaired) electrons. The Labute approximate surface area is 99.6 Å². The highest BCUT2D eigenvalue weighted by atomic mass is 127. The van der Waals surface area contributed by atoms with Crippen LogP contribution in [0, 0.1) is 0 Å². The number of rotatable bonds is 2. The Morgan fingerprint density at radius 1 is 1.20 bits per heavy atom. The van der Waals surface area contributed by atoms with Gasteiger partial charge in [0.1, 0.15) is 0 Å². The third-order valence-corrected chi connectivity index (χ3v) is 4.65. The zero-order valence-electron chi connectivity index (χ0n) is 7.63. The first-order valence-corrected chi connectivity index (χ1v) is 7.03. The first-order chi connectivity index (χ1) is 6.74. The molecule has 1 rings (SSSR count). The smallest absolute Gasteiger partial charge is 0.259 e. The van der Waals surface area contributed by atoms with E-state index in [1.165, 1.54) is 0 Å². The topological polar surface area (TPSA) is 43.4 Å². The van der Waals surface area contributed by atoms with E-state index in [1.807, 2.05) is 22.6 Å². The van der Waals surface area contributed by atoms with Crippen LogP contribution in [0.1, 0.15) is 25.7 Å². The Morgan fingerprint density at radius 2 is 1.73 bits per heavy atom. The molecule has 3 nitrogen and oxygen atoms in total. The van der Waals surface area contributed by atoms with Crippen molar-refractivity contribution >= 4 is 32.7 Å². The molecular formula is C7H10F3IO3S. The molecule has 1 saturated carbocycles. The van der Waals surface area contributed by atoms with E-state index in [0.29, 0.717) is 19.3 Å². The van der Waals surface area contributed by atoms with E-state index in [9.17, 15) is 21.6 Å². The fourth-order valence-corrected chi connectivity index (χ4v) is 3.19. The van der Waals surface area contributed by atoms with Gasteiger partial charge in [0.25, 0.3) is 0 Å². The summed E-state index contributed by atoms with van der Waals surface area (Å²) in [6.07, 6.45) is 1.82. The van der Waals surface area contributed by atoms with Gasteiger partial charge in [0.2, 0.25) is 0 Å². The van der Waals surface area contributed by atoms with Gasteiger partial charge in [0.15, 0.2) is 0 Å². The Bertz CT molecular complexity index is 314. The minimum Gasteiger partial charge on any atom is -0.259 e. The van der Waals surface area contributed by atoms with Gasteiger partial charge in [-0.15, -0.1) is 0 Å². The van der Waals surface area contributed by atoms with Crippen LogP contribution in [-0.2, 0) is 14.3 Å². The molecule has 0 aromatic rings. The first kappa shape index (κ1) is 13.5. The van der Waals surface area contributed by atoms with Crippen LogP contribution < -0.4 is 0 Å². The summed E-state index contributed by atoms with van der Waals surface area (Å²) in [4.78, 5) is 0. The van der Waals surface area contributed by atoms with E-state index in [1.54, 1.807) is 0 Å². The summed E-state index contributed by atoms with van der Waals surface area (Å²) in [5.74, 6) is 0. The molecule has 0 aromatic heterocycles. The van der Waals surface area contributed by atoms with Crippen LogP contribution in [0.25, 0.3) is 0 Å². The molecule has 0 aromatic carbocycles. The van der Waals surface area contributed by atoms with Crippen LogP contribution in [0.5, 0.6) is 0 Å². The number of halogens is 4. The van der Waals surface area contributed by atoms with Gasteiger partial charge in [0, 0.05) is 3.92 Å². The highest BCUT2D eigenvalue weighted by molar-refractivity contribution is 14.1.